The monoisotopic (exact) mass is 253 g/mol. The van der Waals surface area contributed by atoms with Crippen LogP contribution in [0.1, 0.15) is 6.92 Å². The van der Waals surface area contributed by atoms with Crippen molar-refractivity contribution in [3.05, 3.63) is 0 Å². The van der Waals surface area contributed by atoms with Crippen LogP contribution in [0.4, 0.5) is 0 Å². The molecule has 0 radical (unpaired) electrons. The Morgan fingerprint density at radius 3 is 1.60 bits per heavy atom. The third kappa shape index (κ3) is 5.84. The van der Waals surface area contributed by atoms with Crippen LogP contribution < -0.4 is 0 Å². The maximum absolute atomic E-state index is 4.88. The third-order valence-electron chi connectivity index (χ3n) is 1.70. The van der Waals surface area contributed by atoms with Gasteiger partial charge in [0.15, 0.2) is 0 Å². The van der Waals surface area contributed by atoms with Gasteiger partial charge in [0.05, 0.1) is 8.01 Å². The summed E-state index contributed by atoms with van der Waals surface area (Å²) in [6, 6.07) is 0. The third-order valence-corrected chi connectivity index (χ3v) is 6.30. The molecule has 0 rings (SSSR count). The lowest BCUT2D eigenvalue weighted by Gasteiger charge is -2.23. The normalized spacial score (nSPS) is 14.6. The molecule has 0 saturated heterocycles. The van der Waals surface area contributed by atoms with Crippen LogP contribution in [0.25, 0.3) is 0 Å². The molecule has 0 spiro atoms. The van der Waals surface area contributed by atoms with Crippen LogP contribution in [0.15, 0.2) is 9.26 Å². The fourth-order valence-electron chi connectivity index (χ4n) is 1.11. The fourth-order valence-corrected chi connectivity index (χ4v) is 5.87. The molecule has 0 N–H and O–H groups in total. The van der Waals surface area contributed by atoms with Gasteiger partial charge in [0.25, 0.3) is 0 Å². The van der Waals surface area contributed by atoms with E-state index in [-0.39, 0.29) is 0 Å². The highest BCUT2D eigenvalue weighted by atomic mass is 31.2. The van der Waals surface area contributed by atoms with Gasteiger partial charge in [0.1, 0.15) is 8.01 Å². The molecule has 0 heterocycles. The fraction of sp³-hybridized carbons (Fsp3) is 1.00. The van der Waals surface area contributed by atoms with Crippen LogP contribution in [0.5, 0.6) is 0 Å². The van der Waals surface area contributed by atoms with Gasteiger partial charge in [-0.3, -0.25) is 18.8 Å². The van der Waals surface area contributed by atoms with Crippen molar-refractivity contribution in [1.82, 2.24) is 14.0 Å². The number of nitrogens with zero attached hydrogens (tertiary/aromatic N) is 5. The second-order valence-electron chi connectivity index (χ2n) is 3.87. The first kappa shape index (κ1) is 15.3. The summed E-state index contributed by atoms with van der Waals surface area (Å²) in [7, 11) is 10.4. The van der Waals surface area contributed by atoms with Gasteiger partial charge in [-0.05, 0) is 49.2 Å². The first-order valence-corrected chi connectivity index (χ1v) is 7.73. The smallest absolute Gasteiger partial charge is 0.128 e. The molecule has 0 aromatic carbocycles. The van der Waals surface area contributed by atoms with Gasteiger partial charge in [-0.25, -0.2) is 4.52 Å². The Hall–Kier alpha value is 0.340. The second kappa shape index (κ2) is 7.59. The Balaban J connectivity index is 5.00. The van der Waals surface area contributed by atoms with E-state index >= 15 is 0 Å². The Morgan fingerprint density at radius 1 is 0.867 bits per heavy atom. The lowest BCUT2D eigenvalue weighted by Crippen LogP contribution is -2.12. The van der Waals surface area contributed by atoms with Crippen molar-refractivity contribution in [1.29, 1.82) is 0 Å². The summed E-state index contributed by atoms with van der Waals surface area (Å²) in [6.07, 6.45) is 0. The Bertz CT molecular complexity index is 237. The van der Waals surface area contributed by atoms with Gasteiger partial charge in [0.2, 0.25) is 0 Å². The molecule has 0 bridgehead atoms. The maximum atomic E-state index is 4.88. The summed E-state index contributed by atoms with van der Waals surface area (Å²) in [5, 5.41) is 0. The Morgan fingerprint density at radius 2 is 1.33 bits per heavy atom. The zero-order chi connectivity index (χ0) is 12.0. The van der Waals surface area contributed by atoms with Crippen molar-refractivity contribution < 1.29 is 0 Å². The Kier molecular flexibility index (Phi) is 7.76. The van der Waals surface area contributed by atoms with Gasteiger partial charge in [0, 0.05) is 6.54 Å². The van der Waals surface area contributed by atoms with Crippen molar-refractivity contribution in [3.8, 4) is 0 Å². The summed E-state index contributed by atoms with van der Waals surface area (Å²) in [6.45, 7) is 2.92. The summed E-state index contributed by atoms with van der Waals surface area (Å²) in [5.74, 6) is 0. The molecule has 5 nitrogen and oxygen atoms in total. The van der Waals surface area contributed by atoms with E-state index in [9.17, 15) is 0 Å². The van der Waals surface area contributed by atoms with Crippen molar-refractivity contribution in [2.24, 2.45) is 9.26 Å². The molecule has 0 aromatic heterocycles. The molecule has 0 aromatic rings. The van der Waals surface area contributed by atoms with Gasteiger partial charge in [-0.1, -0.05) is 0 Å². The van der Waals surface area contributed by atoms with Crippen molar-refractivity contribution >= 4 is 16.0 Å². The molecule has 1 unspecified atom stereocenters. The molecule has 0 aliphatic rings. The van der Waals surface area contributed by atoms with Gasteiger partial charge < -0.3 is 0 Å². The SMILES string of the molecule is CC/N=[PH](/N=[PH](N(C)C)N(C)C)N(C)C. The first-order chi connectivity index (χ1) is 6.90. The van der Waals surface area contributed by atoms with Gasteiger partial charge in [-0.15, -0.1) is 0 Å². The largest absolute Gasteiger partial charge is 0.270 e. The first-order valence-electron chi connectivity index (χ1n) is 5.05. The average molecular weight is 253 g/mol. The van der Waals surface area contributed by atoms with Crippen LogP contribution in [0, 0.1) is 0 Å². The van der Waals surface area contributed by atoms with Crippen LogP contribution in [-0.4, -0.2) is 62.8 Å². The molecule has 1 atom stereocenters. The number of hydrogen-bond acceptors (Lipinski definition) is 1. The van der Waals surface area contributed by atoms with E-state index in [0.717, 1.165) is 6.54 Å². The molecule has 0 fully saturated rings. The van der Waals surface area contributed by atoms with Gasteiger partial charge >= 0.3 is 0 Å². The zero-order valence-electron chi connectivity index (χ0n) is 10.9. The van der Waals surface area contributed by atoms with E-state index in [1.807, 2.05) is 0 Å². The molecule has 0 aliphatic carbocycles. The topological polar surface area (TPSA) is 34.4 Å². The lowest BCUT2D eigenvalue weighted by atomic mass is 10.8. The summed E-state index contributed by atoms with van der Waals surface area (Å²) >= 11 is 0. The Labute approximate surface area is 95.6 Å². The minimum Gasteiger partial charge on any atom is -0.270 e. The van der Waals surface area contributed by atoms with E-state index in [1.54, 1.807) is 0 Å². The van der Waals surface area contributed by atoms with E-state index < -0.39 is 16.0 Å². The van der Waals surface area contributed by atoms with Crippen LogP contribution >= 0.6 is 16.0 Å². The molecular weight excluding hydrogens is 228 g/mol. The molecule has 0 saturated carbocycles. The van der Waals surface area contributed by atoms with Crippen molar-refractivity contribution in [2.45, 2.75) is 6.92 Å². The average Bonchev–Trinajstić information content (AvgIpc) is 2.10. The minimum atomic E-state index is -1.06. The minimum absolute atomic E-state index is 0.853. The van der Waals surface area contributed by atoms with E-state index in [0.29, 0.717) is 0 Å². The highest BCUT2D eigenvalue weighted by molar-refractivity contribution is 7.54. The lowest BCUT2D eigenvalue weighted by molar-refractivity contribution is 0.585. The summed E-state index contributed by atoms with van der Waals surface area (Å²) in [4.78, 5) is 0. The van der Waals surface area contributed by atoms with Crippen molar-refractivity contribution in [3.63, 3.8) is 0 Å². The van der Waals surface area contributed by atoms with E-state index in [2.05, 4.69) is 68.0 Å². The van der Waals surface area contributed by atoms with Gasteiger partial charge in [-0.2, -0.15) is 0 Å². The van der Waals surface area contributed by atoms with Crippen molar-refractivity contribution in [2.75, 3.05) is 48.8 Å². The standard InChI is InChI=1S/C8H25N5P2/c1-8-9-14(11(2)3)10-15(12(4)5)13(6)7/h14-15H,8H2,1-7H3. The van der Waals surface area contributed by atoms with Crippen LogP contribution in [0.2, 0.25) is 0 Å². The predicted molar refractivity (Wildman–Crippen MR) is 73.1 cm³/mol. The van der Waals surface area contributed by atoms with Crippen LogP contribution in [0.3, 0.4) is 0 Å². The second-order valence-corrected chi connectivity index (χ2v) is 8.96. The predicted octanol–water partition coefficient (Wildman–Crippen LogP) is 2.15. The quantitative estimate of drug-likeness (QED) is 0.704. The van der Waals surface area contributed by atoms with E-state index in [1.165, 1.54) is 0 Å². The molecule has 92 valence electrons. The molecule has 0 aliphatic heterocycles. The zero-order valence-corrected chi connectivity index (χ0v) is 12.9. The summed E-state index contributed by atoms with van der Waals surface area (Å²) < 4.78 is 16.0. The number of rotatable bonds is 5. The maximum Gasteiger partial charge on any atom is 0.128 e. The highest BCUT2D eigenvalue weighted by Gasteiger charge is 2.05. The van der Waals surface area contributed by atoms with E-state index in [4.69, 9.17) is 4.52 Å². The summed E-state index contributed by atoms with van der Waals surface area (Å²) in [5.41, 5.74) is 0. The highest BCUT2D eigenvalue weighted by Crippen LogP contribution is 2.42. The molecule has 15 heavy (non-hydrogen) atoms. The molecule has 7 heteroatoms. The molecule has 0 amide bonds. The number of hydrogen-bond donors (Lipinski definition) is 0. The van der Waals surface area contributed by atoms with Crippen LogP contribution in [-0.2, 0) is 0 Å². The molecular formula is C8H25N5P2.